The first-order valence-electron chi connectivity index (χ1n) is 10.2. The highest BCUT2D eigenvalue weighted by molar-refractivity contribution is 5.78. The van der Waals surface area contributed by atoms with Crippen LogP contribution in [0, 0.1) is 11.8 Å². The molecule has 1 N–H and O–H groups in total. The van der Waals surface area contributed by atoms with Gasteiger partial charge in [0.1, 0.15) is 0 Å². The Morgan fingerprint density at radius 3 is 2.48 bits per heavy atom. The molecule has 0 spiro atoms. The molecule has 5 heteroatoms. The third kappa shape index (κ3) is 6.28. The first-order chi connectivity index (χ1) is 12.0. The van der Waals surface area contributed by atoms with Crippen LogP contribution in [-0.4, -0.2) is 59.5 Å². The molecule has 2 unspecified atom stereocenters. The molecular weight excluding hydrogens is 316 g/mol. The number of likely N-dealkylation sites (tertiary alicyclic amines) is 1. The van der Waals surface area contributed by atoms with Crippen LogP contribution in [0.5, 0.6) is 0 Å². The first-order valence-corrected chi connectivity index (χ1v) is 10.2. The molecule has 1 amide bonds. The van der Waals surface area contributed by atoms with Gasteiger partial charge in [-0.05, 0) is 45.1 Å². The van der Waals surface area contributed by atoms with E-state index in [4.69, 9.17) is 5.11 Å². The quantitative estimate of drug-likeness (QED) is 0.727. The van der Waals surface area contributed by atoms with Gasteiger partial charge in [0.05, 0.1) is 6.54 Å². The fourth-order valence-corrected chi connectivity index (χ4v) is 4.68. The number of carboxylic acid groups (broad SMARTS) is 1. The van der Waals surface area contributed by atoms with Gasteiger partial charge in [-0.15, -0.1) is 0 Å². The predicted molar refractivity (Wildman–Crippen MR) is 99.5 cm³/mol. The van der Waals surface area contributed by atoms with E-state index in [9.17, 15) is 9.59 Å². The molecule has 1 heterocycles. The Bertz CT molecular complexity index is 435. The molecule has 1 saturated carbocycles. The van der Waals surface area contributed by atoms with Crippen molar-refractivity contribution in [3.63, 3.8) is 0 Å². The lowest BCUT2D eigenvalue weighted by atomic mass is 9.89. The highest BCUT2D eigenvalue weighted by atomic mass is 16.4. The molecule has 2 aliphatic rings. The molecular formula is C20H36N2O3. The molecule has 1 aliphatic carbocycles. The first kappa shape index (κ1) is 20.2. The van der Waals surface area contributed by atoms with Crippen LogP contribution < -0.4 is 0 Å². The van der Waals surface area contributed by atoms with Gasteiger partial charge in [-0.3, -0.25) is 14.5 Å². The van der Waals surface area contributed by atoms with E-state index < -0.39 is 5.97 Å². The largest absolute Gasteiger partial charge is 0.480 e. The van der Waals surface area contributed by atoms with Gasteiger partial charge in [-0.2, -0.15) is 0 Å². The number of hydrogen-bond donors (Lipinski definition) is 1. The summed E-state index contributed by atoms with van der Waals surface area (Å²) in [5.41, 5.74) is 0. The molecule has 1 saturated heterocycles. The third-order valence-corrected chi connectivity index (χ3v) is 6.10. The van der Waals surface area contributed by atoms with Gasteiger partial charge in [0.15, 0.2) is 0 Å². The van der Waals surface area contributed by atoms with Crippen molar-refractivity contribution in [3.05, 3.63) is 0 Å². The lowest BCUT2D eigenvalue weighted by molar-refractivity contribution is -0.139. The van der Waals surface area contributed by atoms with E-state index in [1.165, 1.54) is 25.7 Å². The summed E-state index contributed by atoms with van der Waals surface area (Å²) in [4.78, 5) is 28.0. The second kappa shape index (κ2) is 10.1. The topological polar surface area (TPSA) is 60.9 Å². The van der Waals surface area contributed by atoms with E-state index in [0.29, 0.717) is 5.91 Å². The maximum Gasteiger partial charge on any atom is 0.317 e. The minimum Gasteiger partial charge on any atom is -0.480 e. The molecule has 0 aromatic heterocycles. The van der Waals surface area contributed by atoms with Crippen LogP contribution in [0.1, 0.15) is 71.1 Å². The van der Waals surface area contributed by atoms with Crippen LogP contribution >= 0.6 is 0 Å². The summed E-state index contributed by atoms with van der Waals surface area (Å²) in [5, 5.41) is 8.99. The number of likely N-dealkylation sites (N-methyl/N-ethyl adjacent to an activating group) is 1. The van der Waals surface area contributed by atoms with E-state index in [1.54, 1.807) is 0 Å². The number of aliphatic carboxylic acids is 1. The van der Waals surface area contributed by atoms with Crippen molar-refractivity contribution < 1.29 is 14.7 Å². The van der Waals surface area contributed by atoms with Crippen molar-refractivity contribution in [2.75, 3.05) is 26.7 Å². The summed E-state index contributed by atoms with van der Waals surface area (Å²) in [7, 11) is 1.89. The molecule has 2 fully saturated rings. The summed E-state index contributed by atoms with van der Waals surface area (Å²) in [6.45, 7) is 3.87. The van der Waals surface area contributed by atoms with Crippen molar-refractivity contribution in [2.45, 2.75) is 77.2 Å². The van der Waals surface area contributed by atoms with Gasteiger partial charge in [0.25, 0.3) is 0 Å². The Morgan fingerprint density at radius 2 is 1.84 bits per heavy atom. The Morgan fingerprint density at radius 1 is 1.12 bits per heavy atom. The maximum atomic E-state index is 13.1. The van der Waals surface area contributed by atoms with E-state index in [2.05, 4.69) is 11.8 Å². The zero-order valence-electron chi connectivity index (χ0n) is 16.1. The molecule has 0 aromatic carbocycles. The minimum absolute atomic E-state index is 0.0821. The normalized spacial score (nSPS) is 23.6. The Labute approximate surface area is 152 Å². The van der Waals surface area contributed by atoms with Gasteiger partial charge in [-0.1, -0.05) is 39.0 Å². The Hall–Kier alpha value is -1.10. The Kier molecular flexibility index (Phi) is 8.20. The smallest absolute Gasteiger partial charge is 0.317 e. The van der Waals surface area contributed by atoms with E-state index in [1.807, 2.05) is 11.9 Å². The second-order valence-electron chi connectivity index (χ2n) is 8.09. The number of amides is 1. The number of carbonyl (C=O) groups is 2. The van der Waals surface area contributed by atoms with Gasteiger partial charge >= 0.3 is 5.97 Å². The third-order valence-electron chi connectivity index (χ3n) is 6.10. The number of nitrogens with zero attached hydrogens (tertiary/aromatic N) is 2. The molecule has 0 radical (unpaired) electrons. The van der Waals surface area contributed by atoms with Crippen molar-refractivity contribution in [2.24, 2.45) is 11.8 Å². The lowest BCUT2D eigenvalue weighted by Gasteiger charge is -2.28. The standard InChI is InChI=1S/C20H36N2O3/c1-3-7-17(14-16-8-4-5-9-16)20(25)22-12-6-10-18(11-13-22)21(2)15-19(23)24/h16-18H,3-15H2,1-2H3,(H,23,24). The highest BCUT2D eigenvalue weighted by Gasteiger charge is 2.30. The molecule has 2 rings (SSSR count). The monoisotopic (exact) mass is 352 g/mol. The minimum atomic E-state index is -0.778. The van der Waals surface area contributed by atoms with Crippen LogP contribution in [0.15, 0.2) is 0 Å². The molecule has 5 nitrogen and oxygen atoms in total. The zero-order chi connectivity index (χ0) is 18.2. The van der Waals surface area contributed by atoms with E-state index in [0.717, 1.165) is 57.5 Å². The van der Waals surface area contributed by atoms with Gasteiger partial charge in [0.2, 0.25) is 5.91 Å². The van der Waals surface area contributed by atoms with Crippen molar-refractivity contribution in [3.8, 4) is 0 Å². The number of carbonyl (C=O) groups excluding carboxylic acids is 1. The highest BCUT2D eigenvalue weighted by Crippen LogP contribution is 2.33. The molecule has 0 aromatic rings. The molecule has 1 aliphatic heterocycles. The average Bonchev–Trinajstić information content (AvgIpc) is 2.94. The van der Waals surface area contributed by atoms with Gasteiger partial charge in [0, 0.05) is 25.0 Å². The number of rotatable bonds is 8. The molecule has 25 heavy (non-hydrogen) atoms. The second-order valence-corrected chi connectivity index (χ2v) is 8.09. The van der Waals surface area contributed by atoms with Gasteiger partial charge < -0.3 is 10.0 Å². The molecule has 144 valence electrons. The van der Waals surface area contributed by atoms with Crippen LogP contribution in [0.25, 0.3) is 0 Å². The number of carboxylic acids is 1. The summed E-state index contributed by atoms with van der Waals surface area (Å²) < 4.78 is 0. The van der Waals surface area contributed by atoms with Crippen molar-refractivity contribution in [1.29, 1.82) is 0 Å². The fraction of sp³-hybridized carbons (Fsp3) is 0.900. The maximum absolute atomic E-state index is 13.1. The van der Waals surface area contributed by atoms with E-state index >= 15 is 0 Å². The molecule has 2 atom stereocenters. The fourth-order valence-electron chi connectivity index (χ4n) is 4.68. The summed E-state index contributed by atoms with van der Waals surface area (Å²) >= 11 is 0. The zero-order valence-corrected chi connectivity index (χ0v) is 16.1. The molecule has 0 bridgehead atoms. The van der Waals surface area contributed by atoms with Crippen LogP contribution in [0.2, 0.25) is 0 Å². The summed E-state index contributed by atoms with van der Waals surface area (Å²) in [5.74, 6) is 0.526. The SMILES string of the molecule is CCCC(CC1CCCC1)C(=O)N1CCCC(N(C)CC(=O)O)CC1. The van der Waals surface area contributed by atoms with Crippen LogP contribution in [-0.2, 0) is 9.59 Å². The van der Waals surface area contributed by atoms with E-state index in [-0.39, 0.29) is 18.5 Å². The van der Waals surface area contributed by atoms with Gasteiger partial charge in [-0.25, -0.2) is 0 Å². The predicted octanol–water partition coefficient (Wildman–Crippen LogP) is 3.38. The number of hydrogen-bond acceptors (Lipinski definition) is 3. The average molecular weight is 353 g/mol. The summed E-state index contributed by atoms with van der Waals surface area (Å²) in [6, 6.07) is 0.272. The van der Waals surface area contributed by atoms with Crippen molar-refractivity contribution >= 4 is 11.9 Å². The Balaban J connectivity index is 1.89. The van der Waals surface area contributed by atoms with Crippen LogP contribution in [0.4, 0.5) is 0 Å². The lowest BCUT2D eigenvalue weighted by Crippen LogP contribution is -2.39. The van der Waals surface area contributed by atoms with Crippen LogP contribution in [0.3, 0.4) is 0 Å². The summed E-state index contributed by atoms with van der Waals surface area (Å²) in [6.07, 6.45) is 11.3. The van der Waals surface area contributed by atoms with Crippen molar-refractivity contribution in [1.82, 2.24) is 9.80 Å².